The first-order chi connectivity index (χ1) is 15.2. The van der Waals surface area contributed by atoms with Crippen LogP contribution in [-0.4, -0.2) is 14.1 Å². The lowest BCUT2D eigenvalue weighted by Crippen LogP contribution is -2.22. The van der Waals surface area contributed by atoms with Crippen LogP contribution in [0.2, 0.25) is 0 Å². The zero-order chi connectivity index (χ0) is 21.4. The average molecular weight is 406 g/mol. The highest BCUT2D eigenvalue weighted by atomic mass is 16.1. The summed E-state index contributed by atoms with van der Waals surface area (Å²) in [6.07, 6.45) is 6.14. The molecule has 0 aliphatic heterocycles. The van der Waals surface area contributed by atoms with Gasteiger partial charge in [-0.05, 0) is 56.3 Å². The fourth-order valence-corrected chi connectivity index (χ4v) is 4.04. The summed E-state index contributed by atoms with van der Waals surface area (Å²) in [4.78, 5) is 18.2. The van der Waals surface area contributed by atoms with Crippen LogP contribution < -0.4 is 5.56 Å². The lowest BCUT2D eigenvalue weighted by molar-refractivity contribution is 0.797. The van der Waals surface area contributed by atoms with E-state index < -0.39 is 0 Å². The summed E-state index contributed by atoms with van der Waals surface area (Å²) in [5.74, 6) is 0.612. The molecular weight excluding hydrogens is 382 g/mol. The maximum Gasteiger partial charge on any atom is 0.266 e. The van der Waals surface area contributed by atoms with Crippen molar-refractivity contribution in [2.45, 2.75) is 20.4 Å². The largest absolute Gasteiger partial charge is 0.347 e. The summed E-state index contributed by atoms with van der Waals surface area (Å²) in [6.45, 7) is 5.08. The molecule has 5 aromatic rings. The van der Waals surface area contributed by atoms with Crippen molar-refractivity contribution in [3.8, 4) is 5.69 Å². The van der Waals surface area contributed by atoms with E-state index in [9.17, 15) is 4.79 Å². The van der Waals surface area contributed by atoms with E-state index in [2.05, 4.69) is 48.0 Å². The van der Waals surface area contributed by atoms with Gasteiger partial charge in [-0.25, -0.2) is 4.98 Å². The Bertz CT molecular complexity index is 1490. The molecule has 4 nitrogen and oxygen atoms in total. The molecule has 0 atom stereocenters. The zero-order valence-electron chi connectivity index (χ0n) is 17.6. The predicted molar refractivity (Wildman–Crippen MR) is 129 cm³/mol. The van der Waals surface area contributed by atoms with Crippen molar-refractivity contribution < 1.29 is 0 Å². The number of benzene rings is 3. The number of aromatic nitrogens is 3. The van der Waals surface area contributed by atoms with E-state index in [1.54, 1.807) is 4.57 Å². The molecule has 5 rings (SSSR count). The van der Waals surface area contributed by atoms with E-state index >= 15 is 0 Å². The Hall–Kier alpha value is -3.92. The molecule has 0 saturated carbocycles. The van der Waals surface area contributed by atoms with Crippen molar-refractivity contribution in [2.75, 3.05) is 0 Å². The second kappa shape index (κ2) is 7.73. The summed E-state index contributed by atoms with van der Waals surface area (Å²) in [7, 11) is 0. The first-order valence-electron chi connectivity index (χ1n) is 10.5. The van der Waals surface area contributed by atoms with Crippen LogP contribution in [0.5, 0.6) is 0 Å². The second-order valence-electron chi connectivity index (χ2n) is 7.68. The van der Waals surface area contributed by atoms with Crippen LogP contribution in [0.4, 0.5) is 0 Å². The third-order valence-electron chi connectivity index (χ3n) is 5.67. The van der Waals surface area contributed by atoms with Crippen LogP contribution >= 0.6 is 0 Å². The van der Waals surface area contributed by atoms with Gasteiger partial charge in [0.1, 0.15) is 5.82 Å². The Morgan fingerprint density at radius 1 is 0.871 bits per heavy atom. The van der Waals surface area contributed by atoms with Crippen LogP contribution in [0.3, 0.4) is 0 Å². The molecule has 0 amide bonds. The maximum atomic E-state index is 13.4. The van der Waals surface area contributed by atoms with Crippen molar-refractivity contribution in [1.82, 2.24) is 14.1 Å². The van der Waals surface area contributed by atoms with E-state index in [1.165, 1.54) is 10.9 Å². The van der Waals surface area contributed by atoms with Crippen LogP contribution in [0.15, 0.2) is 83.8 Å². The maximum absolute atomic E-state index is 13.4. The molecule has 0 saturated heterocycles. The number of nitrogens with zero attached hydrogens (tertiary/aromatic N) is 3. The van der Waals surface area contributed by atoms with Gasteiger partial charge in [-0.3, -0.25) is 9.36 Å². The molecule has 0 fully saturated rings. The minimum Gasteiger partial charge on any atom is -0.347 e. The van der Waals surface area contributed by atoms with E-state index in [0.717, 1.165) is 23.4 Å². The summed E-state index contributed by atoms with van der Waals surface area (Å²) in [6, 6.07) is 23.8. The molecule has 2 aromatic heterocycles. The van der Waals surface area contributed by atoms with Gasteiger partial charge >= 0.3 is 0 Å². The number of para-hydroxylation sites is 2. The smallest absolute Gasteiger partial charge is 0.266 e. The number of aryl methyl sites for hydroxylation is 2. The van der Waals surface area contributed by atoms with Gasteiger partial charge in [-0.15, -0.1) is 0 Å². The minimum absolute atomic E-state index is 0.0647. The lowest BCUT2D eigenvalue weighted by atomic mass is 10.1. The highest BCUT2D eigenvalue weighted by molar-refractivity contribution is 5.92. The molecular formula is C27H23N3O. The molecule has 4 heteroatoms. The Morgan fingerprint density at radius 3 is 2.35 bits per heavy atom. The third kappa shape index (κ3) is 3.36. The van der Waals surface area contributed by atoms with Crippen LogP contribution in [0.25, 0.3) is 39.6 Å². The quantitative estimate of drug-likeness (QED) is 0.377. The monoisotopic (exact) mass is 405 g/mol. The van der Waals surface area contributed by atoms with Crippen molar-refractivity contribution in [1.29, 1.82) is 0 Å². The number of hydrogen-bond donors (Lipinski definition) is 0. The first kappa shape index (κ1) is 19.1. The fourth-order valence-electron chi connectivity index (χ4n) is 4.04. The fraction of sp³-hybridized carbons (Fsp3) is 0.111. The zero-order valence-corrected chi connectivity index (χ0v) is 17.6. The van der Waals surface area contributed by atoms with E-state index in [4.69, 9.17) is 4.98 Å². The third-order valence-corrected chi connectivity index (χ3v) is 5.67. The summed E-state index contributed by atoms with van der Waals surface area (Å²) in [5.41, 5.74) is 4.90. The Morgan fingerprint density at radius 2 is 1.58 bits per heavy atom. The van der Waals surface area contributed by atoms with Gasteiger partial charge in [0, 0.05) is 29.2 Å². The van der Waals surface area contributed by atoms with Gasteiger partial charge in [0.15, 0.2) is 0 Å². The van der Waals surface area contributed by atoms with Crippen molar-refractivity contribution in [3.63, 3.8) is 0 Å². The van der Waals surface area contributed by atoms with E-state index in [1.807, 2.05) is 61.5 Å². The molecule has 0 bridgehead atoms. The van der Waals surface area contributed by atoms with Crippen molar-refractivity contribution >= 4 is 34.0 Å². The summed E-state index contributed by atoms with van der Waals surface area (Å²) >= 11 is 0. The van der Waals surface area contributed by atoms with Crippen molar-refractivity contribution in [3.05, 3.63) is 106 Å². The predicted octanol–water partition coefficient (Wildman–Crippen LogP) is 5.84. The van der Waals surface area contributed by atoms with E-state index in [0.29, 0.717) is 16.7 Å². The lowest BCUT2D eigenvalue weighted by Gasteiger charge is -2.11. The number of rotatable bonds is 4. The molecule has 152 valence electrons. The van der Waals surface area contributed by atoms with Crippen LogP contribution in [0, 0.1) is 6.92 Å². The second-order valence-corrected chi connectivity index (χ2v) is 7.68. The van der Waals surface area contributed by atoms with Gasteiger partial charge in [-0.1, -0.05) is 48.0 Å². The molecule has 2 heterocycles. The summed E-state index contributed by atoms with van der Waals surface area (Å²) < 4.78 is 3.92. The SMILES string of the molecule is CCn1cc(/C=C/c2nc3ccccc3c(=O)n2-c2ccc(C)cc2)c2ccccc21. The van der Waals surface area contributed by atoms with Gasteiger partial charge in [0.2, 0.25) is 0 Å². The molecule has 0 N–H and O–H groups in total. The van der Waals surface area contributed by atoms with Crippen LogP contribution in [-0.2, 0) is 6.54 Å². The number of fused-ring (bicyclic) bond motifs is 2. The molecule has 0 aliphatic rings. The van der Waals surface area contributed by atoms with Gasteiger partial charge in [0.05, 0.1) is 16.6 Å². The minimum atomic E-state index is -0.0647. The molecule has 0 unspecified atom stereocenters. The Balaban J connectivity index is 1.72. The highest BCUT2D eigenvalue weighted by Crippen LogP contribution is 2.24. The summed E-state index contributed by atoms with van der Waals surface area (Å²) in [5, 5.41) is 1.80. The normalized spacial score (nSPS) is 11.7. The van der Waals surface area contributed by atoms with Gasteiger partial charge in [-0.2, -0.15) is 0 Å². The standard InChI is InChI=1S/C27H23N3O/c1-3-29-18-20(22-8-5-7-11-25(22)29)14-17-26-28-24-10-6-4-9-23(24)27(31)30(26)21-15-12-19(2)13-16-21/h4-18H,3H2,1-2H3/b17-14+. The number of hydrogen-bond acceptors (Lipinski definition) is 2. The van der Waals surface area contributed by atoms with E-state index in [-0.39, 0.29) is 5.56 Å². The average Bonchev–Trinajstić information content (AvgIpc) is 3.17. The first-order valence-corrected chi connectivity index (χ1v) is 10.5. The topological polar surface area (TPSA) is 39.8 Å². The molecule has 0 radical (unpaired) electrons. The molecule has 0 aliphatic carbocycles. The van der Waals surface area contributed by atoms with Gasteiger partial charge < -0.3 is 4.57 Å². The Labute approximate surface area is 180 Å². The van der Waals surface area contributed by atoms with Gasteiger partial charge in [0.25, 0.3) is 5.56 Å². The Kier molecular flexibility index (Phi) is 4.75. The highest BCUT2D eigenvalue weighted by Gasteiger charge is 2.11. The molecule has 0 spiro atoms. The molecule has 31 heavy (non-hydrogen) atoms. The van der Waals surface area contributed by atoms with Crippen LogP contribution in [0.1, 0.15) is 23.9 Å². The molecule has 3 aromatic carbocycles. The van der Waals surface area contributed by atoms with Crippen molar-refractivity contribution in [2.24, 2.45) is 0 Å².